The van der Waals surface area contributed by atoms with E-state index in [4.69, 9.17) is 5.11 Å². The molecule has 2 heterocycles. The highest BCUT2D eigenvalue weighted by Gasteiger charge is 2.29. The second kappa shape index (κ2) is 5.25. The fraction of sp³-hybridized carbons (Fsp3) is 0.333. The van der Waals surface area contributed by atoms with E-state index in [0.717, 1.165) is 5.69 Å². The van der Waals surface area contributed by atoms with Crippen LogP contribution in [0.15, 0.2) is 24.3 Å². The van der Waals surface area contributed by atoms with Crippen LogP contribution in [0.25, 0.3) is 10.9 Å². The lowest BCUT2D eigenvalue weighted by Gasteiger charge is -2.20. The summed E-state index contributed by atoms with van der Waals surface area (Å²) < 4.78 is 0. The summed E-state index contributed by atoms with van der Waals surface area (Å²) in [6.07, 6.45) is 0.577. The first-order valence-corrected chi connectivity index (χ1v) is 7.00. The van der Waals surface area contributed by atoms with Gasteiger partial charge in [-0.1, -0.05) is 12.1 Å². The summed E-state index contributed by atoms with van der Waals surface area (Å²) in [5, 5.41) is 21.0. The summed E-state index contributed by atoms with van der Waals surface area (Å²) in [7, 11) is 0. The molecule has 1 saturated heterocycles. The number of carboxylic acids is 1. The maximum Gasteiger partial charge on any atom is 0.308 e. The maximum absolute atomic E-state index is 11.2. The van der Waals surface area contributed by atoms with Crippen LogP contribution in [-0.4, -0.2) is 34.1 Å². The molecule has 0 spiro atoms. The zero-order chi connectivity index (χ0) is 15.9. The summed E-state index contributed by atoms with van der Waals surface area (Å²) in [5.74, 6) is -1.20. The van der Waals surface area contributed by atoms with Crippen molar-refractivity contribution in [3.63, 3.8) is 0 Å². The van der Waals surface area contributed by atoms with Crippen molar-refractivity contribution in [1.29, 1.82) is 0 Å². The van der Waals surface area contributed by atoms with Crippen molar-refractivity contribution in [2.24, 2.45) is 5.92 Å². The minimum Gasteiger partial charge on any atom is -0.481 e. The van der Waals surface area contributed by atoms with Crippen molar-refractivity contribution in [3.05, 3.63) is 40.1 Å². The topological polar surface area (TPSA) is 96.6 Å². The zero-order valence-corrected chi connectivity index (χ0v) is 12.0. The second-order valence-electron chi connectivity index (χ2n) is 5.48. The van der Waals surface area contributed by atoms with Gasteiger partial charge in [0.25, 0.3) is 5.69 Å². The van der Waals surface area contributed by atoms with Crippen molar-refractivity contribution in [1.82, 2.24) is 4.98 Å². The third kappa shape index (κ3) is 2.34. The van der Waals surface area contributed by atoms with Crippen molar-refractivity contribution in [2.45, 2.75) is 13.3 Å². The predicted molar refractivity (Wildman–Crippen MR) is 81.1 cm³/mol. The maximum atomic E-state index is 11.2. The van der Waals surface area contributed by atoms with Crippen molar-refractivity contribution in [2.75, 3.05) is 18.0 Å². The number of benzene rings is 1. The van der Waals surface area contributed by atoms with Crippen LogP contribution in [0.2, 0.25) is 0 Å². The van der Waals surface area contributed by atoms with Crippen LogP contribution in [0.5, 0.6) is 0 Å². The Morgan fingerprint density at radius 1 is 1.50 bits per heavy atom. The molecule has 1 atom stereocenters. The van der Waals surface area contributed by atoms with Crippen LogP contribution in [0.4, 0.5) is 11.4 Å². The molecule has 0 aliphatic carbocycles. The van der Waals surface area contributed by atoms with Crippen LogP contribution in [0.1, 0.15) is 12.1 Å². The van der Waals surface area contributed by atoms with Gasteiger partial charge in [0, 0.05) is 35.9 Å². The molecule has 2 aromatic rings. The van der Waals surface area contributed by atoms with Gasteiger partial charge in [-0.25, -0.2) is 4.98 Å². The van der Waals surface area contributed by atoms with Crippen LogP contribution >= 0.6 is 0 Å². The minimum absolute atomic E-state index is 0.0311. The zero-order valence-electron chi connectivity index (χ0n) is 12.0. The number of rotatable bonds is 3. The molecule has 0 bridgehead atoms. The Kier molecular flexibility index (Phi) is 3.40. The monoisotopic (exact) mass is 301 g/mol. The van der Waals surface area contributed by atoms with E-state index in [1.165, 1.54) is 6.07 Å². The largest absolute Gasteiger partial charge is 0.481 e. The Hall–Kier alpha value is -2.70. The number of hydrogen-bond donors (Lipinski definition) is 1. The van der Waals surface area contributed by atoms with Crippen LogP contribution in [-0.2, 0) is 4.79 Å². The molecular formula is C15H15N3O4. The first-order chi connectivity index (χ1) is 10.5. The van der Waals surface area contributed by atoms with Gasteiger partial charge in [-0.2, -0.15) is 0 Å². The molecule has 0 saturated carbocycles. The number of carbonyl (C=O) groups is 1. The normalized spacial score (nSPS) is 17.9. The van der Waals surface area contributed by atoms with Gasteiger partial charge in [-0.05, 0) is 19.4 Å². The van der Waals surface area contributed by atoms with Crippen LogP contribution in [0, 0.1) is 23.0 Å². The number of anilines is 1. The number of hydrogen-bond acceptors (Lipinski definition) is 5. The molecular weight excluding hydrogens is 286 g/mol. The molecule has 0 amide bonds. The summed E-state index contributed by atoms with van der Waals surface area (Å²) >= 11 is 0. The Labute approximate surface area is 126 Å². The third-order valence-corrected chi connectivity index (χ3v) is 4.00. The molecule has 3 rings (SSSR count). The number of non-ortho nitro benzene ring substituents is 1. The lowest BCUT2D eigenvalue weighted by atomic mass is 10.1. The van der Waals surface area contributed by atoms with Crippen molar-refractivity contribution < 1.29 is 14.8 Å². The number of nitro benzene ring substituents is 1. The van der Waals surface area contributed by atoms with E-state index in [0.29, 0.717) is 36.1 Å². The van der Waals surface area contributed by atoms with E-state index < -0.39 is 16.8 Å². The van der Waals surface area contributed by atoms with Gasteiger partial charge in [0.1, 0.15) is 0 Å². The van der Waals surface area contributed by atoms with Gasteiger partial charge >= 0.3 is 5.97 Å². The molecule has 1 aliphatic rings. The summed E-state index contributed by atoms with van der Waals surface area (Å²) in [6.45, 7) is 2.82. The summed E-state index contributed by atoms with van der Waals surface area (Å²) in [4.78, 5) is 28.1. The van der Waals surface area contributed by atoms with Gasteiger partial charge in [-0.15, -0.1) is 0 Å². The van der Waals surface area contributed by atoms with Gasteiger partial charge in [0.15, 0.2) is 5.52 Å². The summed E-state index contributed by atoms with van der Waals surface area (Å²) in [5.41, 5.74) is 1.81. The molecule has 22 heavy (non-hydrogen) atoms. The number of fused-ring (bicyclic) bond motifs is 1. The quantitative estimate of drug-likeness (QED) is 0.690. The van der Waals surface area contributed by atoms with Crippen LogP contribution in [0.3, 0.4) is 0 Å². The highest BCUT2D eigenvalue weighted by Crippen LogP contribution is 2.34. The Bertz CT molecular complexity index is 775. The lowest BCUT2D eigenvalue weighted by molar-refractivity contribution is -0.383. The fourth-order valence-corrected chi connectivity index (χ4v) is 2.93. The molecule has 1 fully saturated rings. The molecule has 0 radical (unpaired) electrons. The number of aliphatic carboxylic acids is 1. The molecule has 1 aromatic heterocycles. The Balaban J connectivity index is 2.13. The second-order valence-corrected chi connectivity index (χ2v) is 5.48. The third-order valence-electron chi connectivity index (χ3n) is 4.00. The number of para-hydroxylation sites is 1. The molecule has 7 heteroatoms. The van der Waals surface area contributed by atoms with E-state index in [9.17, 15) is 14.9 Å². The number of pyridine rings is 1. The summed E-state index contributed by atoms with van der Waals surface area (Å²) in [6, 6.07) is 6.71. The average Bonchev–Trinajstić information content (AvgIpc) is 2.95. The molecule has 114 valence electrons. The van der Waals surface area contributed by atoms with Gasteiger partial charge < -0.3 is 10.0 Å². The van der Waals surface area contributed by atoms with Gasteiger partial charge in [-0.3, -0.25) is 14.9 Å². The number of nitrogens with zero attached hydrogens (tertiary/aromatic N) is 3. The molecule has 1 aliphatic heterocycles. The number of carboxylic acid groups (broad SMARTS) is 1. The fourth-order valence-electron chi connectivity index (χ4n) is 2.93. The van der Waals surface area contributed by atoms with Crippen LogP contribution < -0.4 is 4.90 Å². The van der Waals surface area contributed by atoms with E-state index in [1.54, 1.807) is 19.1 Å². The van der Waals surface area contributed by atoms with Gasteiger partial charge in [0.2, 0.25) is 0 Å². The smallest absolute Gasteiger partial charge is 0.308 e. The number of aryl methyl sites for hydroxylation is 1. The van der Waals surface area contributed by atoms with Crippen molar-refractivity contribution in [3.8, 4) is 0 Å². The first-order valence-electron chi connectivity index (χ1n) is 7.00. The average molecular weight is 301 g/mol. The number of nitro groups is 1. The molecule has 1 aromatic carbocycles. The molecule has 7 nitrogen and oxygen atoms in total. The molecule has 1 unspecified atom stereocenters. The van der Waals surface area contributed by atoms with E-state index in [1.807, 2.05) is 11.0 Å². The van der Waals surface area contributed by atoms with E-state index >= 15 is 0 Å². The first kappa shape index (κ1) is 14.2. The standard InChI is InChI=1S/C15H15N3O4/c1-9-7-13(17-6-5-10(8-17)15(19)20)11-3-2-4-12(18(21)22)14(11)16-9/h2-4,7,10H,5-6,8H2,1H3,(H,19,20). The molecule has 1 N–H and O–H groups in total. The predicted octanol–water partition coefficient (Wildman–Crippen LogP) is 2.36. The van der Waals surface area contributed by atoms with Crippen molar-refractivity contribution >= 4 is 28.2 Å². The van der Waals surface area contributed by atoms with E-state index in [2.05, 4.69) is 4.98 Å². The number of aromatic nitrogens is 1. The lowest BCUT2D eigenvalue weighted by Crippen LogP contribution is -2.23. The highest BCUT2D eigenvalue weighted by molar-refractivity contribution is 5.97. The van der Waals surface area contributed by atoms with E-state index in [-0.39, 0.29) is 5.69 Å². The SMILES string of the molecule is Cc1cc(N2CCC(C(=O)O)C2)c2cccc([N+](=O)[O-])c2n1. The Morgan fingerprint density at radius 3 is 2.91 bits per heavy atom. The minimum atomic E-state index is -0.802. The Morgan fingerprint density at radius 2 is 2.27 bits per heavy atom. The highest BCUT2D eigenvalue weighted by atomic mass is 16.6. The van der Waals surface area contributed by atoms with Gasteiger partial charge in [0.05, 0.1) is 10.8 Å².